The smallest absolute Gasteiger partial charge is 0.272 e. The zero-order chi connectivity index (χ0) is 22.7. The quantitative estimate of drug-likeness (QED) is 0.415. The van der Waals surface area contributed by atoms with Crippen LogP contribution in [0.4, 0.5) is 0 Å². The van der Waals surface area contributed by atoms with E-state index in [-0.39, 0.29) is 11.5 Å². The lowest BCUT2D eigenvalue weighted by Crippen LogP contribution is -2.23. The highest BCUT2D eigenvalue weighted by molar-refractivity contribution is 7.17. The summed E-state index contributed by atoms with van der Waals surface area (Å²) in [5.41, 5.74) is 3.14. The number of amides is 1. The number of aryl methyl sites for hydroxylation is 3. The summed E-state index contributed by atoms with van der Waals surface area (Å²) < 4.78 is 4.44. The topological polar surface area (TPSA) is 81.3 Å². The van der Waals surface area contributed by atoms with Gasteiger partial charge in [-0.2, -0.15) is 0 Å². The molecule has 0 saturated heterocycles. The molecule has 0 aliphatic carbocycles. The van der Waals surface area contributed by atoms with Gasteiger partial charge in [0.05, 0.1) is 5.52 Å². The summed E-state index contributed by atoms with van der Waals surface area (Å²) in [5, 5.41) is 13.6. The van der Waals surface area contributed by atoms with Gasteiger partial charge >= 0.3 is 0 Å². The normalized spacial score (nSPS) is 11.6. The van der Waals surface area contributed by atoms with Crippen LogP contribution in [-0.4, -0.2) is 25.1 Å². The van der Waals surface area contributed by atoms with Gasteiger partial charge in [-0.05, 0) is 42.7 Å². The minimum absolute atomic E-state index is 0.00224. The third-order valence-electron chi connectivity index (χ3n) is 5.62. The van der Waals surface area contributed by atoms with Crippen LogP contribution < -0.4 is 10.9 Å². The second-order valence-corrected chi connectivity index (χ2v) is 9.56. The maximum atomic E-state index is 13.0. The number of carbonyl (C=O) groups is 1. The average molecular weight is 452 g/mol. The number of nitrogens with zero attached hydrogens (tertiary/aromatic N) is 4. The van der Waals surface area contributed by atoms with Gasteiger partial charge in [0, 0.05) is 25.9 Å². The van der Waals surface area contributed by atoms with Gasteiger partial charge in [0.2, 0.25) is 11.7 Å². The van der Waals surface area contributed by atoms with Gasteiger partial charge in [0.25, 0.3) is 5.56 Å². The molecule has 1 amide bonds. The first kappa shape index (κ1) is 22.2. The molecule has 3 aromatic heterocycles. The molecule has 32 heavy (non-hydrogen) atoms. The van der Waals surface area contributed by atoms with Gasteiger partial charge in [0.1, 0.15) is 10.5 Å². The molecule has 0 spiro atoms. The van der Waals surface area contributed by atoms with E-state index in [4.69, 9.17) is 0 Å². The summed E-state index contributed by atoms with van der Waals surface area (Å²) in [6.07, 6.45) is 2.60. The van der Waals surface area contributed by atoms with Gasteiger partial charge in [-0.15, -0.1) is 21.5 Å². The molecule has 1 N–H and O–H groups in total. The fraction of sp³-hybridized carbons (Fsp3) is 0.417. The van der Waals surface area contributed by atoms with Crippen molar-refractivity contribution >= 4 is 33.2 Å². The number of hydrogen-bond donors (Lipinski definition) is 1. The van der Waals surface area contributed by atoms with Gasteiger partial charge < -0.3 is 5.32 Å². The molecule has 0 atom stereocenters. The van der Waals surface area contributed by atoms with E-state index in [1.807, 2.05) is 47.0 Å². The molecule has 0 aliphatic rings. The second kappa shape index (κ2) is 9.65. The maximum Gasteiger partial charge on any atom is 0.272 e. The highest BCUT2D eigenvalue weighted by Gasteiger charge is 2.17. The highest BCUT2D eigenvalue weighted by atomic mass is 32.1. The average Bonchev–Trinajstić information content (AvgIpc) is 3.40. The van der Waals surface area contributed by atoms with Crippen molar-refractivity contribution in [2.24, 2.45) is 5.92 Å². The van der Waals surface area contributed by atoms with Gasteiger partial charge in [-0.1, -0.05) is 43.7 Å². The Balaban J connectivity index is 1.46. The van der Waals surface area contributed by atoms with Crippen molar-refractivity contribution in [2.75, 3.05) is 0 Å². The lowest BCUT2D eigenvalue weighted by atomic mass is 10.1. The summed E-state index contributed by atoms with van der Waals surface area (Å²) >= 11 is 1.45. The van der Waals surface area contributed by atoms with E-state index in [1.165, 1.54) is 16.9 Å². The molecule has 1 aromatic carbocycles. The molecule has 0 radical (unpaired) electrons. The van der Waals surface area contributed by atoms with Crippen LogP contribution >= 0.6 is 11.3 Å². The van der Waals surface area contributed by atoms with Crippen molar-refractivity contribution in [3.05, 3.63) is 63.0 Å². The molecule has 4 rings (SSSR count). The van der Waals surface area contributed by atoms with E-state index >= 15 is 0 Å². The Morgan fingerprint density at radius 3 is 2.69 bits per heavy atom. The van der Waals surface area contributed by atoms with Crippen molar-refractivity contribution in [1.29, 1.82) is 0 Å². The van der Waals surface area contributed by atoms with Crippen molar-refractivity contribution in [1.82, 2.24) is 24.5 Å². The largest absolute Gasteiger partial charge is 0.352 e. The summed E-state index contributed by atoms with van der Waals surface area (Å²) in [6.45, 7) is 7.48. The predicted molar refractivity (Wildman–Crippen MR) is 128 cm³/mol. The molecule has 0 unspecified atom stereocenters. The monoisotopic (exact) mass is 451 g/mol. The van der Waals surface area contributed by atoms with Crippen molar-refractivity contribution in [3.8, 4) is 0 Å². The first-order chi connectivity index (χ1) is 15.4. The van der Waals surface area contributed by atoms with E-state index in [1.54, 1.807) is 4.57 Å². The number of thiophene rings is 1. The maximum absolute atomic E-state index is 13.0. The molecule has 0 aliphatic heterocycles. The van der Waals surface area contributed by atoms with Crippen LogP contribution in [0.5, 0.6) is 0 Å². The SMILES string of the molecule is Cc1ccc(CNC(=O)CCCc2nnc3n(CCC(C)C)c(=O)c4sccc4n23)cc1. The third-order valence-corrected chi connectivity index (χ3v) is 6.52. The zero-order valence-electron chi connectivity index (χ0n) is 18.8. The molecule has 4 aromatic rings. The van der Waals surface area contributed by atoms with Gasteiger partial charge in [-0.25, -0.2) is 0 Å². The number of aromatic nitrogens is 4. The predicted octanol–water partition coefficient (Wildman–Crippen LogP) is 4.10. The minimum Gasteiger partial charge on any atom is -0.352 e. The summed E-state index contributed by atoms with van der Waals surface area (Å²) in [7, 11) is 0. The zero-order valence-corrected chi connectivity index (χ0v) is 19.6. The standard InChI is InChI=1S/C24H29N5O2S/c1-16(2)11-13-28-23(31)22-19(12-14-32-22)29-20(26-27-24(28)29)5-4-6-21(30)25-15-18-9-7-17(3)8-10-18/h7-10,12,14,16H,4-6,11,13,15H2,1-3H3,(H,25,30). The van der Waals surface area contributed by atoms with Crippen LogP contribution in [-0.2, 0) is 24.3 Å². The van der Waals surface area contributed by atoms with Gasteiger partial charge in [0.15, 0.2) is 0 Å². The Bertz CT molecular complexity index is 1280. The molecule has 0 bridgehead atoms. The molecule has 168 valence electrons. The molecular weight excluding hydrogens is 422 g/mol. The van der Waals surface area contributed by atoms with E-state index in [2.05, 4.69) is 29.4 Å². The Kier molecular flexibility index (Phi) is 6.69. The fourth-order valence-corrected chi connectivity index (χ4v) is 4.56. The van der Waals surface area contributed by atoms with Crippen molar-refractivity contribution in [2.45, 2.75) is 59.5 Å². The molecule has 0 fully saturated rings. The first-order valence-electron chi connectivity index (χ1n) is 11.1. The Morgan fingerprint density at radius 2 is 1.94 bits per heavy atom. The van der Waals surface area contributed by atoms with Crippen molar-refractivity contribution < 1.29 is 4.79 Å². The Labute approximate surface area is 191 Å². The molecule has 0 saturated carbocycles. The number of fused-ring (bicyclic) bond motifs is 3. The van der Waals surface area contributed by atoms with Crippen LogP contribution in [0, 0.1) is 12.8 Å². The van der Waals surface area contributed by atoms with Crippen LogP contribution in [0.25, 0.3) is 16.0 Å². The van der Waals surface area contributed by atoms with E-state index in [0.29, 0.717) is 44.0 Å². The number of benzene rings is 1. The van der Waals surface area contributed by atoms with E-state index in [0.717, 1.165) is 28.0 Å². The Hall–Kier alpha value is -3.00. The van der Waals surface area contributed by atoms with Gasteiger partial charge in [-0.3, -0.25) is 18.6 Å². The molecule has 3 heterocycles. The number of rotatable bonds is 9. The number of hydrogen-bond acceptors (Lipinski definition) is 5. The second-order valence-electron chi connectivity index (χ2n) is 8.64. The lowest BCUT2D eigenvalue weighted by Gasteiger charge is -2.11. The summed E-state index contributed by atoms with van der Waals surface area (Å²) in [5.74, 6) is 1.88. The molecular formula is C24H29N5O2S. The Morgan fingerprint density at radius 1 is 1.16 bits per heavy atom. The lowest BCUT2D eigenvalue weighted by molar-refractivity contribution is -0.121. The minimum atomic E-state index is -0.00224. The van der Waals surface area contributed by atoms with E-state index in [9.17, 15) is 9.59 Å². The first-order valence-corrected chi connectivity index (χ1v) is 12.0. The van der Waals surface area contributed by atoms with E-state index < -0.39 is 0 Å². The summed E-state index contributed by atoms with van der Waals surface area (Å²) in [4.78, 5) is 25.3. The molecule has 7 nitrogen and oxygen atoms in total. The fourth-order valence-electron chi connectivity index (χ4n) is 3.73. The van der Waals surface area contributed by atoms with Crippen LogP contribution in [0.3, 0.4) is 0 Å². The van der Waals surface area contributed by atoms with Crippen LogP contribution in [0.2, 0.25) is 0 Å². The summed E-state index contributed by atoms with van der Waals surface area (Å²) in [6, 6.07) is 10.1. The highest BCUT2D eigenvalue weighted by Crippen LogP contribution is 2.21. The molecule has 8 heteroatoms. The van der Waals surface area contributed by atoms with Crippen LogP contribution in [0.15, 0.2) is 40.5 Å². The van der Waals surface area contributed by atoms with Crippen LogP contribution in [0.1, 0.15) is 50.1 Å². The number of nitrogens with one attached hydrogen (secondary N) is 1. The third kappa shape index (κ3) is 4.75. The number of carbonyl (C=O) groups excluding carboxylic acids is 1. The van der Waals surface area contributed by atoms with Crippen molar-refractivity contribution in [3.63, 3.8) is 0 Å².